The Hall–Kier alpha value is -3.42. The molecule has 0 radical (unpaired) electrons. The first-order valence-corrected chi connectivity index (χ1v) is 8.97. The molecule has 29 heavy (non-hydrogen) atoms. The Bertz CT molecular complexity index is 882. The summed E-state index contributed by atoms with van der Waals surface area (Å²) in [6.45, 7) is 3.59. The van der Waals surface area contributed by atoms with E-state index in [1.54, 1.807) is 39.2 Å². The van der Waals surface area contributed by atoms with Crippen molar-refractivity contribution < 1.29 is 23.5 Å². The van der Waals surface area contributed by atoms with Gasteiger partial charge in [-0.05, 0) is 48.4 Å². The first kappa shape index (κ1) is 21.9. The number of hydrogen-bond acceptors (Lipinski definition) is 5. The molecule has 0 saturated carbocycles. The van der Waals surface area contributed by atoms with Crippen molar-refractivity contribution in [3.63, 3.8) is 0 Å². The molecule has 2 aromatic rings. The summed E-state index contributed by atoms with van der Waals surface area (Å²) in [4.78, 5) is 24.9. The molecule has 0 spiro atoms. The third-order valence-corrected chi connectivity index (χ3v) is 4.16. The number of nitrogens with zero attached hydrogens (tertiary/aromatic N) is 1. The van der Waals surface area contributed by atoms with Crippen LogP contribution in [0.2, 0.25) is 0 Å². The van der Waals surface area contributed by atoms with Crippen molar-refractivity contribution in [2.75, 3.05) is 14.2 Å². The van der Waals surface area contributed by atoms with Crippen LogP contribution in [0.25, 0.3) is 0 Å². The van der Waals surface area contributed by atoms with Gasteiger partial charge in [0.05, 0.1) is 20.4 Å². The number of benzene rings is 2. The van der Waals surface area contributed by atoms with Crippen LogP contribution in [0.15, 0.2) is 47.6 Å². The second-order valence-corrected chi connectivity index (χ2v) is 6.54. The molecule has 2 N–H and O–H groups in total. The molecule has 0 fully saturated rings. The summed E-state index contributed by atoms with van der Waals surface area (Å²) in [6, 6.07) is 9.44. The molecule has 1 unspecified atom stereocenters. The topological polar surface area (TPSA) is 89.0 Å². The largest absolute Gasteiger partial charge is 0.497 e. The Balaban J connectivity index is 2.07. The zero-order valence-electron chi connectivity index (χ0n) is 16.7. The number of hydrogen-bond donors (Lipinski definition) is 2. The maximum Gasteiger partial charge on any atom is 0.262 e. The van der Waals surface area contributed by atoms with E-state index in [-0.39, 0.29) is 11.5 Å². The molecule has 2 aromatic carbocycles. The summed E-state index contributed by atoms with van der Waals surface area (Å²) in [5, 5.41) is 6.61. The van der Waals surface area contributed by atoms with Gasteiger partial charge in [-0.3, -0.25) is 9.59 Å². The minimum atomic E-state index is -0.822. The molecule has 7 nitrogen and oxygen atoms in total. The minimum Gasteiger partial charge on any atom is -0.497 e. The van der Waals surface area contributed by atoms with E-state index in [1.165, 1.54) is 37.6 Å². The van der Waals surface area contributed by atoms with Gasteiger partial charge in [0.1, 0.15) is 23.4 Å². The maximum atomic E-state index is 13.0. The fourth-order valence-corrected chi connectivity index (χ4v) is 2.54. The summed E-state index contributed by atoms with van der Waals surface area (Å²) >= 11 is 0. The molecule has 154 valence electrons. The number of methoxy groups -OCH3 is 2. The second-order valence-electron chi connectivity index (χ2n) is 6.54. The van der Waals surface area contributed by atoms with Crippen LogP contribution in [0.5, 0.6) is 11.5 Å². The summed E-state index contributed by atoms with van der Waals surface area (Å²) in [6.07, 6.45) is 1.43. The average molecular weight is 401 g/mol. The molecule has 0 aromatic heterocycles. The fourth-order valence-electron chi connectivity index (χ4n) is 2.54. The summed E-state index contributed by atoms with van der Waals surface area (Å²) in [5.41, 5.74) is 3.30. The third-order valence-electron chi connectivity index (χ3n) is 4.16. The van der Waals surface area contributed by atoms with E-state index in [0.717, 1.165) is 0 Å². The highest BCUT2D eigenvalue weighted by Crippen LogP contribution is 2.22. The number of amides is 2. The molecule has 2 amide bonds. The molecular weight excluding hydrogens is 377 g/mol. The highest BCUT2D eigenvalue weighted by Gasteiger charge is 2.24. The minimum absolute atomic E-state index is 0.194. The van der Waals surface area contributed by atoms with Gasteiger partial charge in [-0.15, -0.1) is 0 Å². The third kappa shape index (κ3) is 6.03. The van der Waals surface area contributed by atoms with Crippen molar-refractivity contribution in [2.24, 2.45) is 11.0 Å². The van der Waals surface area contributed by atoms with E-state index in [0.29, 0.717) is 17.1 Å². The van der Waals surface area contributed by atoms with Gasteiger partial charge < -0.3 is 14.8 Å². The van der Waals surface area contributed by atoms with Crippen molar-refractivity contribution in [3.8, 4) is 11.5 Å². The van der Waals surface area contributed by atoms with Gasteiger partial charge in [0, 0.05) is 11.1 Å². The molecule has 2 rings (SSSR count). The lowest BCUT2D eigenvalue weighted by Crippen LogP contribution is -2.48. The monoisotopic (exact) mass is 401 g/mol. The second kappa shape index (κ2) is 10.2. The summed E-state index contributed by atoms with van der Waals surface area (Å²) < 4.78 is 23.4. The summed E-state index contributed by atoms with van der Waals surface area (Å²) in [7, 11) is 3.07. The van der Waals surface area contributed by atoms with Gasteiger partial charge >= 0.3 is 0 Å². The van der Waals surface area contributed by atoms with Crippen LogP contribution in [0.1, 0.15) is 29.8 Å². The van der Waals surface area contributed by atoms with Crippen LogP contribution in [0, 0.1) is 11.7 Å². The van der Waals surface area contributed by atoms with Gasteiger partial charge in [0.2, 0.25) is 0 Å². The van der Waals surface area contributed by atoms with Crippen LogP contribution in [-0.4, -0.2) is 38.3 Å². The highest BCUT2D eigenvalue weighted by atomic mass is 19.1. The maximum absolute atomic E-state index is 13.0. The number of rotatable bonds is 8. The molecule has 0 aliphatic heterocycles. The number of carbonyl (C=O) groups is 2. The number of halogens is 1. The smallest absolute Gasteiger partial charge is 0.262 e. The van der Waals surface area contributed by atoms with E-state index < -0.39 is 23.7 Å². The fraction of sp³-hybridized carbons (Fsp3) is 0.286. The van der Waals surface area contributed by atoms with Gasteiger partial charge in [-0.25, -0.2) is 9.82 Å². The van der Waals surface area contributed by atoms with Gasteiger partial charge in [-0.2, -0.15) is 5.10 Å². The zero-order chi connectivity index (χ0) is 21.4. The van der Waals surface area contributed by atoms with Crippen LogP contribution in [0.3, 0.4) is 0 Å². The van der Waals surface area contributed by atoms with Gasteiger partial charge in [0.15, 0.2) is 0 Å². The Morgan fingerprint density at radius 1 is 1.07 bits per heavy atom. The number of carbonyl (C=O) groups excluding carboxylic acids is 2. The van der Waals surface area contributed by atoms with Gasteiger partial charge in [-0.1, -0.05) is 13.8 Å². The number of nitrogens with one attached hydrogen (secondary N) is 2. The van der Waals surface area contributed by atoms with Crippen molar-refractivity contribution >= 4 is 18.0 Å². The first-order valence-electron chi connectivity index (χ1n) is 8.97. The van der Waals surface area contributed by atoms with E-state index in [2.05, 4.69) is 15.8 Å². The van der Waals surface area contributed by atoms with Crippen LogP contribution >= 0.6 is 0 Å². The van der Waals surface area contributed by atoms with Gasteiger partial charge in [0.25, 0.3) is 11.8 Å². The van der Waals surface area contributed by atoms with Crippen LogP contribution in [-0.2, 0) is 4.79 Å². The van der Waals surface area contributed by atoms with E-state index >= 15 is 0 Å². The highest BCUT2D eigenvalue weighted by molar-refractivity contribution is 5.97. The summed E-state index contributed by atoms with van der Waals surface area (Å²) in [5.74, 6) is -0.409. The van der Waals surface area contributed by atoms with Crippen molar-refractivity contribution in [1.29, 1.82) is 0 Å². The van der Waals surface area contributed by atoms with Crippen molar-refractivity contribution in [1.82, 2.24) is 10.7 Å². The Labute approximate surface area is 168 Å². The Morgan fingerprint density at radius 2 is 1.76 bits per heavy atom. The molecule has 0 heterocycles. The predicted octanol–water partition coefficient (Wildman–Crippen LogP) is 2.75. The normalized spacial score (nSPS) is 11.9. The van der Waals surface area contributed by atoms with E-state index in [9.17, 15) is 14.0 Å². The van der Waals surface area contributed by atoms with E-state index in [4.69, 9.17) is 9.47 Å². The van der Waals surface area contributed by atoms with Crippen molar-refractivity contribution in [2.45, 2.75) is 19.9 Å². The molecule has 1 atom stereocenters. The lowest BCUT2D eigenvalue weighted by atomic mass is 10.0. The molecular formula is C21H24FN3O4. The lowest BCUT2D eigenvalue weighted by molar-refractivity contribution is -0.123. The van der Waals surface area contributed by atoms with Crippen LogP contribution in [0.4, 0.5) is 4.39 Å². The first-order chi connectivity index (χ1) is 13.8. The quantitative estimate of drug-likeness (QED) is 0.526. The Morgan fingerprint density at radius 3 is 2.34 bits per heavy atom. The zero-order valence-corrected chi connectivity index (χ0v) is 16.7. The molecule has 8 heteroatoms. The Kier molecular flexibility index (Phi) is 7.70. The molecule has 0 bridgehead atoms. The SMILES string of the molecule is COc1ccc(OC)c(/C=N/NC(=O)C(NC(=O)c2ccc(F)cc2)C(C)C)c1. The predicted molar refractivity (Wildman–Crippen MR) is 108 cm³/mol. The molecule has 0 aliphatic carbocycles. The van der Waals surface area contributed by atoms with Crippen molar-refractivity contribution in [3.05, 3.63) is 59.4 Å². The van der Waals surface area contributed by atoms with E-state index in [1.807, 2.05) is 0 Å². The van der Waals surface area contributed by atoms with Crippen LogP contribution < -0.4 is 20.2 Å². The molecule has 0 aliphatic rings. The molecule has 0 saturated heterocycles. The lowest BCUT2D eigenvalue weighted by Gasteiger charge is -2.20. The average Bonchev–Trinajstić information content (AvgIpc) is 2.71. The standard InChI is InChI=1S/C21H24FN3O4/c1-13(2)19(24-20(26)14-5-7-16(22)8-6-14)21(27)25-23-12-15-11-17(28-3)9-10-18(15)29-4/h5-13,19H,1-4H3,(H,24,26)(H,25,27)/b23-12+. The number of hydrazone groups is 1. The number of ether oxygens (including phenoxy) is 2.